The maximum atomic E-state index is 13.7. The zero-order valence-corrected chi connectivity index (χ0v) is 21.1. The first kappa shape index (κ1) is 24.8. The van der Waals surface area contributed by atoms with E-state index in [1.165, 1.54) is 0 Å². The summed E-state index contributed by atoms with van der Waals surface area (Å²) in [6.45, 7) is 1.92. The predicted molar refractivity (Wildman–Crippen MR) is 136 cm³/mol. The Labute approximate surface area is 219 Å². The van der Waals surface area contributed by atoms with Crippen molar-refractivity contribution in [3.05, 3.63) is 36.0 Å². The second kappa shape index (κ2) is 9.33. The molecule has 1 aliphatic carbocycles. The van der Waals surface area contributed by atoms with E-state index in [9.17, 15) is 20.0 Å². The molecule has 2 aromatic rings. The van der Waals surface area contributed by atoms with Crippen molar-refractivity contribution in [3.63, 3.8) is 0 Å². The number of amides is 1. The van der Waals surface area contributed by atoms with Crippen LogP contribution in [0.3, 0.4) is 0 Å². The van der Waals surface area contributed by atoms with Crippen LogP contribution in [0.4, 0.5) is 5.69 Å². The number of nitrogens with zero attached hydrogens (tertiary/aromatic N) is 3. The van der Waals surface area contributed by atoms with E-state index in [4.69, 9.17) is 14.3 Å². The van der Waals surface area contributed by atoms with E-state index in [-0.39, 0.29) is 25.0 Å². The number of aliphatic hydroxyl groups is 1. The molecule has 1 amide bonds. The van der Waals surface area contributed by atoms with Crippen LogP contribution in [0.5, 0.6) is 0 Å². The van der Waals surface area contributed by atoms with E-state index in [1.807, 2.05) is 0 Å². The lowest BCUT2D eigenvalue weighted by Crippen LogP contribution is -2.53. The van der Waals surface area contributed by atoms with Gasteiger partial charge in [0.2, 0.25) is 11.8 Å². The second-order valence-electron chi connectivity index (χ2n) is 10.9. The molecule has 2 N–H and O–H groups in total. The Morgan fingerprint density at radius 3 is 3.00 bits per heavy atom. The molecule has 0 spiro atoms. The molecule has 6 rings (SSSR count). The van der Waals surface area contributed by atoms with Crippen LogP contribution in [0.2, 0.25) is 0 Å². The molecule has 2 unspecified atom stereocenters. The van der Waals surface area contributed by atoms with Crippen LogP contribution >= 0.6 is 0 Å². The minimum atomic E-state index is -1.24. The number of hydrogen-bond acceptors (Lipinski definition) is 9. The van der Waals surface area contributed by atoms with Gasteiger partial charge < -0.3 is 29.5 Å². The number of oxime groups is 1. The van der Waals surface area contributed by atoms with Crippen LogP contribution in [0.15, 0.2) is 35.6 Å². The normalized spacial score (nSPS) is 35.2. The summed E-state index contributed by atoms with van der Waals surface area (Å²) in [6, 6.07) is 8.86. The zero-order valence-electron chi connectivity index (χ0n) is 21.1. The van der Waals surface area contributed by atoms with Gasteiger partial charge in [-0.2, -0.15) is 5.26 Å². The Hall–Kier alpha value is -3.55. The number of aldehydes is 1. The van der Waals surface area contributed by atoms with Gasteiger partial charge in [-0.05, 0) is 50.5 Å². The lowest BCUT2D eigenvalue weighted by molar-refractivity contribution is -0.133. The van der Waals surface area contributed by atoms with E-state index < -0.39 is 35.0 Å². The zero-order chi connectivity index (χ0) is 26.5. The fourth-order valence-electron chi connectivity index (χ4n) is 6.90. The van der Waals surface area contributed by atoms with E-state index in [0.29, 0.717) is 34.5 Å². The van der Waals surface area contributed by atoms with Gasteiger partial charge in [-0.1, -0.05) is 11.6 Å². The van der Waals surface area contributed by atoms with Gasteiger partial charge in [0.05, 0.1) is 52.8 Å². The van der Waals surface area contributed by atoms with Gasteiger partial charge in [0.25, 0.3) is 0 Å². The minimum Gasteiger partial charge on any atom is -0.478 e. The highest BCUT2D eigenvalue weighted by molar-refractivity contribution is 6.04. The third kappa shape index (κ3) is 3.76. The van der Waals surface area contributed by atoms with Crippen molar-refractivity contribution in [2.75, 3.05) is 11.9 Å². The number of carbonyl (C=O) groups excluding carboxylic acids is 2. The van der Waals surface area contributed by atoms with Crippen molar-refractivity contribution in [1.82, 2.24) is 4.98 Å². The lowest BCUT2D eigenvalue weighted by atomic mass is 9.65. The molecule has 38 heavy (non-hydrogen) atoms. The number of ether oxygens (including phenoxy) is 2. The molecule has 1 aromatic heterocycles. The Balaban J connectivity index is 1.21. The number of hydrogen-bond donors (Lipinski definition) is 2. The van der Waals surface area contributed by atoms with Gasteiger partial charge >= 0.3 is 0 Å². The SMILES string of the molecule is C[C@@]12O[C@@](CCOC3=NOC4CCCCC34)(C[C@H]1O)[C@H](C=O)[C@@H]2C(=O)Nc1ccc(C#N)c2ncccc12. The van der Waals surface area contributed by atoms with E-state index >= 15 is 0 Å². The van der Waals surface area contributed by atoms with Crippen LogP contribution in [-0.2, 0) is 23.9 Å². The molecule has 3 fully saturated rings. The average molecular weight is 519 g/mol. The average Bonchev–Trinajstić information content (AvgIpc) is 3.54. The fourth-order valence-corrected chi connectivity index (χ4v) is 6.90. The fraction of sp³-hybridized carbons (Fsp3) is 0.536. The molecule has 198 valence electrons. The standard InChI is InChI=1S/C28H30N4O6/c1-27-22(34)13-28(38-27,10-12-36-26-18-5-2-3-7-21(18)37-32-26)19(15-33)23(27)25(35)31-20-9-8-16(14-29)24-17(20)6-4-11-30-24/h4,6,8-9,11,15,18-19,21-23,34H,2-3,5,7,10,12-13H2,1H3,(H,31,35)/t18?,19-,21?,22-,23-,27-,28+/m1/s1. The summed E-state index contributed by atoms with van der Waals surface area (Å²) in [5.41, 5.74) is -0.924. The number of carbonyl (C=O) groups is 2. The molecule has 1 saturated carbocycles. The Bertz CT molecular complexity index is 1360. The van der Waals surface area contributed by atoms with Crippen molar-refractivity contribution in [1.29, 1.82) is 5.26 Å². The first-order valence-corrected chi connectivity index (χ1v) is 13.2. The van der Waals surface area contributed by atoms with Crippen LogP contribution in [0, 0.1) is 29.1 Å². The topological polar surface area (TPSA) is 143 Å². The predicted octanol–water partition coefficient (Wildman–Crippen LogP) is 3.08. The Morgan fingerprint density at radius 2 is 2.18 bits per heavy atom. The first-order valence-electron chi connectivity index (χ1n) is 13.2. The Morgan fingerprint density at radius 1 is 1.34 bits per heavy atom. The summed E-state index contributed by atoms with van der Waals surface area (Å²) < 4.78 is 12.4. The molecule has 1 aromatic carbocycles. The number of benzene rings is 1. The van der Waals surface area contributed by atoms with Crippen molar-refractivity contribution < 1.29 is 29.0 Å². The summed E-state index contributed by atoms with van der Waals surface area (Å²) in [5, 5.41) is 28.1. The molecule has 10 nitrogen and oxygen atoms in total. The largest absolute Gasteiger partial charge is 0.478 e. The molecular formula is C28H30N4O6. The highest BCUT2D eigenvalue weighted by Crippen LogP contribution is 2.58. The number of fused-ring (bicyclic) bond motifs is 4. The number of nitrogens with one attached hydrogen (secondary N) is 1. The lowest BCUT2D eigenvalue weighted by Gasteiger charge is -2.37. The first-order chi connectivity index (χ1) is 18.4. The molecule has 2 saturated heterocycles. The quantitative estimate of drug-likeness (QED) is 0.556. The van der Waals surface area contributed by atoms with Gasteiger partial charge in [-0.3, -0.25) is 9.78 Å². The summed E-state index contributed by atoms with van der Waals surface area (Å²) in [4.78, 5) is 36.0. The summed E-state index contributed by atoms with van der Waals surface area (Å²) in [6.07, 6.45) is 6.23. The van der Waals surface area contributed by atoms with Crippen molar-refractivity contribution in [3.8, 4) is 6.07 Å². The number of aromatic nitrogens is 1. The van der Waals surface area contributed by atoms with Gasteiger partial charge in [-0.15, -0.1) is 0 Å². The van der Waals surface area contributed by atoms with E-state index in [1.54, 1.807) is 37.4 Å². The number of pyridine rings is 1. The van der Waals surface area contributed by atoms with Gasteiger partial charge in [0.15, 0.2) is 0 Å². The van der Waals surface area contributed by atoms with Crippen LogP contribution in [0.1, 0.15) is 51.0 Å². The highest BCUT2D eigenvalue weighted by atomic mass is 16.7. The number of anilines is 1. The van der Waals surface area contributed by atoms with E-state index in [2.05, 4.69) is 21.5 Å². The molecule has 2 bridgehead atoms. The molecule has 4 heterocycles. The summed E-state index contributed by atoms with van der Waals surface area (Å²) in [7, 11) is 0. The summed E-state index contributed by atoms with van der Waals surface area (Å²) >= 11 is 0. The molecule has 0 radical (unpaired) electrons. The number of rotatable bonds is 6. The molecule has 7 atom stereocenters. The van der Waals surface area contributed by atoms with Gasteiger partial charge in [0.1, 0.15) is 24.1 Å². The number of aliphatic hydroxyl groups excluding tert-OH is 1. The maximum Gasteiger partial charge on any atom is 0.232 e. The van der Waals surface area contributed by atoms with Crippen LogP contribution in [-0.4, -0.2) is 58.2 Å². The maximum absolute atomic E-state index is 13.7. The van der Waals surface area contributed by atoms with Crippen molar-refractivity contribution in [2.24, 2.45) is 22.9 Å². The smallest absolute Gasteiger partial charge is 0.232 e. The number of nitriles is 1. The van der Waals surface area contributed by atoms with Crippen LogP contribution in [0.25, 0.3) is 10.9 Å². The Kier molecular flexibility index (Phi) is 6.08. The van der Waals surface area contributed by atoms with Gasteiger partial charge in [0, 0.05) is 24.4 Å². The second-order valence-corrected chi connectivity index (χ2v) is 10.9. The monoisotopic (exact) mass is 518 g/mol. The molecule has 4 aliphatic rings. The molecule has 10 heteroatoms. The van der Waals surface area contributed by atoms with Crippen molar-refractivity contribution >= 4 is 34.7 Å². The minimum absolute atomic E-state index is 0.0699. The van der Waals surface area contributed by atoms with Crippen LogP contribution < -0.4 is 5.32 Å². The van der Waals surface area contributed by atoms with Crippen molar-refractivity contribution in [2.45, 2.75) is 68.9 Å². The van der Waals surface area contributed by atoms with Gasteiger partial charge in [-0.25, -0.2) is 0 Å². The molecular weight excluding hydrogens is 488 g/mol. The third-order valence-electron chi connectivity index (χ3n) is 8.86. The third-order valence-corrected chi connectivity index (χ3v) is 8.86. The highest BCUT2D eigenvalue weighted by Gasteiger charge is 2.71. The van der Waals surface area contributed by atoms with E-state index in [0.717, 1.165) is 32.0 Å². The summed E-state index contributed by atoms with van der Waals surface area (Å²) in [5.74, 6) is -1.38. The molecule has 3 aliphatic heterocycles.